The third kappa shape index (κ3) is 2.78. The molecule has 0 aliphatic heterocycles. The number of phenolic OH excluding ortho intramolecular Hbond substituents is 1. The van der Waals surface area contributed by atoms with Gasteiger partial charge in [0.05, 0.1) is 11.3 Å². The van der Waals surface area contributed by atoms with Gasteiger partial charge >= 0.3 is 0 Å². The first-order valence-corrected chi connectivity index (χ1v) is 6.30. The number of amides is 1. The van der Waals surface area contributed by atoms with E-state index < -0.39 is 11.7 Å². The van der Waals surface area contributed by atoms with Gasteiger partial charge in [-0.3, -0.25) is 4.79 Å². The maximum atomic E-state index is 13.4. The molecule has 0 atom stereocenters. The Morgan fingerprint density at radius 1 is 1.35 bits per heavy atom. The highest BCUT2D eigenvalue weighted by atomic mass is 79.9. The van der Waals surface area contributed by atoms with Gasteiger partial charge in [-0.15, -0.1) is 0 Å². The van der Waals surface area contributed by atoms with Crippen molar-refractivity contribution in [2.45, 2.75) is 0 Å². The molecule has 2 rings (SSSR count). The van der Waals surface area contributed by atoms with Crippen molar-refractivity contribution >= 4 is 27.5 Å². The van der Waals surface area contributed by atoms with Gasteiger partial charge in [0, 0.05) is 4.47 Å². The van der Waals surface area contributed by atoms with Crippen LogP contribution < -0.4 is 5.32 Å². The molecule has 0 fully saturated rings. The van der Waals surface area contributed by atoms with E-state index in [1.807, 2.05) is 0 Å². The average molecular weight is 335 g/mol. The average Bonchev–Trinajstić information content (AvgIpc) is 2.38. The van der Waals surface area contributed by atoms with Crippen molar-refractivity contribution in [1.29, 1.82) is 5.26 Å². The summed E-state index contributed by atoms with van der Waals surface area (Å²) in [6.45, 7) is 0. The lowest BCUT2D eigenvalue weighted by atomic mass is 10.1. The summed E-state index contributed by atoms with van der Waals surface area (Å²) in [4.78, 5) is 12.0. The highest BCUT2D eigenvalue weighted by molar-refractivity contribution is 9.10. The fourth-order valence-electron chi connectivity index (χ4n) is 1.63. The largest absolute Gasteiger partial charge is 0.507 e. The monoisotopic (exact) mass is 334 g/mol. The van der Waals surface area contributed by atoms with Crippen molar-refractivity contribution in [2.24, 2.45) is 0 Å². The van der Waals surface area contributed by atoms with Crippen LogP contribution in [0.25, 0.3) is 0 Å². The highest BCUT2D eigenvalue weighted by Gasteiger charge is 2.15. The number of anilines is 1. The maximum Gasteiger partial charge on any atom is 0.259 e. The summed E-state index contributed by atoms with van der Waals surface area (Å²) in [5.41, 5.74) is -0.168. The topological polar surface area (TPSA) is 73.1 Å². The van der Waals surface area contributed by atoms with Crippen LogP contribution in [0.1, 0.15) is 15.9 Å². The number of rotatable bonds is 2. The van der Waals surface area contributed by atoms with Crippen molar-refractivity contribution in [3.63, 3.8) is 0 Å². The minimum absolute atomic E-state index is 0.0290. The molecule has 0 heterocycles. The van der Waals surface area contributed by atoms with Crippen molar-refractivity contribution in [3.8, 4) is 11.8 Å². The first-order valence-electron chi connectivity index (χ1n) is 5.51. The molecular weight excluding hydrogens is 327 g/mol. The van der Waals surface area contributed by atoms with Crippen LogP contribution in [0.15, 0.2) is 40.9 Å². The molecule has 0 unspecified atom stereocenters. The van der Waals surface area contributed by atoms with E-state index >= 15 is 0 Å². The van der Waals surface area contributed by atoms with E-state index in [1.165, 1.54) is 24.3 Å². The predicted molar refractivity (Wildman–Crippen MR) is 74.9 cm³/mol. The predicted octanol–water partition coefficient (Wildman–Crippen LogP) is 3.42. The normalized spacial score (nSPS) is 9.85. The van der Waals surface area contributed by atoms with Gasteiger partial charge in [-0.05, 0) is 30.3 Å². The Morgan fingerprint density at radius 3 is 2.75 bits per heavy atom. The molecule has 0 aliphatic carbocycles. The van der Waals surface area contributed by atoms with Gasteiger partial charge < -0.3 is 10.4 Å². The third-order valence-electron chi connectivity index (χ3n) is 2.58. The number of nitriles is 1. The second-order valence-corrected chi connectivity index (χ2v) is 4.81. The van der Waals surface area contributed by atoms with Gasteiger partial charge in [0.1, 0.15) is 23.2 Å². The molecule has 1 amide bonds. The summed E-state index contributed by atoms with van der Waals surface area (Å²) in [5.74, 6) is -1.56. The zero-order valence-electron chi connectivity index (χ0n) is 10.0. The minimum atomic E-state index is -0.717. The summed E-state index contributed by atoms with van der Waals surface area (Å²) in [6.07, 6.45) is 0. The zero-order chi connectivity index (χ0) is 14.7. The summed E-state index contributed by atoms with van der Waals surface area (Å²) in [5, 5.41) is 21.0. The molecule has 0 saturated carbocycles. The molecule has 0 saturated heterocycles. The Kier molecular flexibility index (Phi) is 4.01. The lowest BCUT2D eigenvalue weighted by Gasteiger charge is -2.08. The number of hydrogen-bond donors (Lipinski definition) is 2. The van der Waals surface area contributed by atoms with Crippen LogP contribution in [-0.4, -0.2) is 11.0 Å². The second-order valence-electron chi connectivity index (χ2n) is 3.89. The first-order chi connectivity index (χ1) is 9.52. The summed E-state index contributed by atoms with van der Waals surface area (Å²) in [6, 6.07) is 9.98. The van der Waals surface area contributed by atoms with E-state index in [2.05, 4.69) is 21.2 Å². The fraction of sp³-hybridized carbons (Fsp3) is 0. The Labute approximate surface area is 122 Å². The van der Waals surface area contributed by atoms with Crippen molar-refractivity contribution in [1.82, 2.24) is 0 Å². The quantitative estimate of drug-likeness (QED) is 0.883. The molecule has 2 aromatic carbocycles. The summed E-state index contributed by atoms with van der Waals surface area (Å²) >= 11 is 3.16. The van der Waals surface area contributed by atoms with Crippen LogP contribution in [0.2, 0.25) is 0 Å². The number of carbonyl (C=O) groups is 1. The van der Waals surface area contributed by atoms with Crippen LogP contribution in [0, 0.1) is 17.1 Å². The second kappa shape index (κ2) is 5.72. The smallest absolute Gasteiger partial charge is 0.259 e. The Hall–Kier alpha value is -2.39. The van der Waals surface area contributed by atoms with Gasteiger partial charge in [0.2, 0.25) is 0 Å². The molecule has 0 bridgehead atoms. The number of halogens is 2. The number of benzene rings is 2. The minimum Gasteiger partial charge on any atom is -0.507 e. The van der Waals surface area contributed by atoms with Crippen LogP contribution >= 0.6 is 15.9 Å². The van der Waals surface area contributed by atoms with Gasteiger partial charge in [0.15, 0.2) is 0 Å². The standard InChI is InChI=1S/C14H8BrFN2O2/c15-8-4-5-9(13(19)6-8)14(20)18-12-3-1-2-11(16)10(12)7-17/h1-6,19H,(H,18,20). The van der Waals surface area contributed by atoms with E-state index in [0.717, 1.165) is 6.07 Å². The number of nitrogens with one attached hydrogen (secondary N) is 1. The SMILES string of the molecule is N#Cc1c(F)cccc1NC(=O)c1ccc(Br)cc1O. The highest BCUT2D eigenvalue weighted by Crippen LogP contribution is 2.24. The number of hydrogen-bond acceptors (Lipinski definition) is 3. The fourth-order valence-corrected chi connectivity index (χ4v) is 1.98. The van der Waals surface area contributed by atoms with Crippen molar-refractivity contribution in [2.75, 3.05) is 5.32 Å². The summed E-state index contributed by atoms with van der Waals surface area (Å²) in [7, 11) is 0. The van der Waals surface area contributed by atoms with Crippen molar-refractivity contribution < 1.29 is 14.3 Å². The Balaban J connectivity index is 2.33. The zero-order valence-corrected chi connectivity index (χ0v) is 11.6. The van der Waals surface area contributed by atoms with E-state index in [-0.39, 0.29) is 22.6 Å². The molecule has 0 aromatic heterocycles. The van der Waals surface area contributed by atoms with E-state index in [4.69, 9.17) is 5.26 Å². The van der Waals surface area contributed by atoms with E-state index in [9.17, 15) is 14.3 Å². The van der Waals surface area contributed by atoms with Crippen LogP contribution in [0.4, 0.5) is 10.1 Å². The van der Waals surface area contributed by atoms with Gasteiger partial charge in [-0.25, -0.2) is 4.39 Å². The van der Waals surface area contributed by atoms with E-state index in [1.54, 1.807) is 12.1 Å². The molecule has 2 aromatic rings. The number of phenols is 1. The Bertz CT molecular complexity index is 726. The summed E-state index contributed by atoms with van der Waals surface area (Å²) < 4.78 is 14.0. The number of nitrogens with zero attached hydrogens (tertiary/aromatic N) is 1. The molecular formula is C14H8BrFN2O2. The van der Waals surface area contributed by atoms with Gasteiger partial charge in [-0.2, -0.15) is 5.26 Å². The number of aromatic hydroxyl groups is 1. The molecule has 6 heteroatoms. The van der Waals surface area contributed by atoms with Crippen LogP contribution in [-0.2, 0) is 0 Å². The lowest BCUT2D eigenvalue weighted by molar-refractivity contribution is 0.102. The number of carbonyl (C=O) groups excluding carboxylic acids is 1. The van der Waals surface area contributed by atoms with Crippen LogP contribution in [0.3, 0.4) is 0 Å². The maximum absolute atomic E-state index is 13.4. The van der Waals surface area contributed by atoms with Crippen LogP contribution in [0.5, 0.6) is 5.75 Å². The molecule has 0 aliphatic rings. The molecule has 100 valence electrons. The van der Waals surface area contributed by atoms with Gasteiger partial charge in [0.25, 0.3) is 5.91 Å². The van der Waals surface area contributed by atoms with E-state index in [0.29, 0.717) is 4.47 Å². The molecule has 4 nitrogen and oxygen atoms in total. The molecule has 0 radical (unpaired) electrons. The lowest BCUT2D eigenvalue weighted by Crippen LogP contribution is -2.13. The Morgan fingerprint density at radius 2 is 2.10 bits per heavy atom. The first kappa shape index (κ1) is 14.0. The van der Waals surface area contributed by atoms with Gasteiger partial charge in [-0.1, -0.05) is 22.0 Å². The molecule has 20 heavy (non-hydrogen) atoms. The van der Waals surface area contributed by atoms with Crippen molar-refractivity contribution in [3.05, 3.63) is 57.8 Å². The third-order valence-corrected chi connectivity index (χ3v) is 3.07. The molecule has 2 N–H and O–H groups in total. The molecule has 0 spiro atoms.